The second-order valence-corrected chi connectivity index (χ2v) is 3.98. The topological polar surface area (TPSA) is 35.2 Å². The smallest absolute Gasteiger partial charge is 0.0682 e. The van der Waals surface area contributed by atoms with Crippen molar-refractivity contribution in [3.05, 3.63) is 0 Å². The highest BCUT2D eigenvalue weighted by Gasteiger charge is 2.56. The van der Waals surface area contributed by atoms with Gasteiger partial charge in [-0.1, -0.05) is 20.8 Å². The highest BCUT2D eigenvalue weighted by atomic mass is 16.5. The molecule has 2 N–H and O–H groups in total. The summed E-state index contributed by atoms with van der Waals surface area (Å²) in [6, 6.07) is 0.331. The Bertz CT molecular complexity index is 154. The van der Waals surface area contributed by atoms with E-state index in [-0.39, 0.29) is 5.41 Å². The van der Waals surface area contributed by atoms with Crippen LogP contribution in [0.5, 0.6) is 0 Å². The minimum atomic E-state index is 0.258. The van der Waals surface area contributed by atoms with E-state index in [1.165, 1.54) is 0 Å². The van der Waals surface area contributed by atoms with E-state index in [0.29, 0.717) is 18.1 Å². The molecule has 0 heterocycles. The van der Waals surface area contributed by atoms with Crippen LogP contribution in [0.2, 0.25) is 0 Å². The van der Waals surface area contributed by atoms with Gasteiger partial charge in [0.25, 0.3) is 0 Å². The molecule has 0 radical (unpaired) electrons. The van der Waals surface area contributed by atoms with Crippen LogP contribution in [0.25, 0.3) is 0 Å². The van der Waals surface area contributed by atoms with Crippen molar-refractivity contribution >= 4 is 0 Å². The minimum Gasteiger partial charge on any atom is -0.380 e. The first-order chi connectivity index (χ1) is 5.64. The first-order valence-corrected chi connectivity index (χ1v) is 4.92. The third-order valence-corrected chi connectivity index (χ3v) is 3.84. The molecule has 0 spiro atoms. The highest BCUT2D eigenvalue weighted by molar-refractivity contribution is 5.09. The molecular formula is C10H21NO. The zero-order chi connectivity index (χ0) is 9.35. The quantitative estimate of drug-likeness (QED) is 0.702. The molecule has 1 fully saturated rings. The molecule has 72 valence electrons. The molecule has 0 bridgehead atoms. The summed E-state index contributed by atoms with van der Waals surface area (Å²) in [4.78, 5) is 0. The average Bonchev–Trinajstić information content (AvgIpc) is 2.12. The lowest BCUT2D eigenvalue weighted by Gasteiger charge is -2.58. The minimum absolute atomic E-state index is 0.258. The summed E-state index contributed by atoms with van der Waals surface area (Å²) in [6.45, 7) is 6.60. The van der Waals surface area contributed by atoms with Gasteiger partial charge in [-0.15, -0.1) is 0 Å². The lowest BCUT2D eigenvalue weighted by molar-refractivity contribution is -0.156. The predicted molar refractivity (Wildman–Crippen MR) is 51.0 cm³/mol. The van der Waals surface area contributed by atoms with Gasteiger partial charge in [-0.3, -0.25) is 0 Å². The SMILES string of the molecule is CCC1(CC)[C@@H](N)[C@@H](C)[C@@H]1OC. The van der Waals surface area contributed by atoms with Crippen LogP contribution in [0, 0.1) is 11.3 Å². The van der Waals surface area contributed by atoms with Crippen LogP contribution in [0.15, 0.2) is 0 Å². The second-order valence-electron chi connectivity index (χ2n) is 3.98. The highest BCUT2D eigenvalue weighted by Crippen LogP contribution is 2.50. The molecule has 0 unspecified atom stereocenters. The molecule has 1 aliphatic carbocycles. The Labute approximate surface area is 75.5 Å². The van der Waals surface area contributed by atoms with Gasteiger partial charge in [0.2, 0.25) is 0 Å². The van der Waals surface area contributed by atoms with E-state index in [1.807, 2.05) is 0 Å². The van der Waals surface area contributed by atoms with Crippen molar-refractivity contribution in [1.82, 2.24) is 0 Å². The summed E-state index contributed by atoms with van der Waals surface area (Å²) < 4.78 is 5.49. The maximum atomic E-state index is 6.11. The Kier molecular flexibility index (Phi) is 2.79. The van der Waals surface area contributed by atoms with Crippen molar-refractivity contribution in [3.8, 4) is 0 Å². The molecule has 0 saturated heterocycles. The Morgan fingerprint density at radius 3 is 2.08 bits per heavy atom. The van der Waals surface area contributed by atoms with Crippen LogP contribution in [0.4, 0.5) is 0 Å². The third kappa shape index (κ3) is 1.01. The molecular weight excluding hydrogens is 150 g/mol. The first kappa shape index (κ1) is 10.0. The van der Waals surface area contributed by atoms with Crippen LogP contribution in [0.1, 0.15) is 33.6 Å². The predicted octanol–water partition coefficient (Wildman–Crippen LogP) is 1.78. The Morgan fingerprint density at radius 1 is 1.33 bits per heavy atom. The molecule has 1 rings (SSSR count). The van der Waals surface area contributed by atoms with E-state index < -0.39 is 0 Å². The van der Waals surface area contributed by atoms with E-state index in [0.717, 1.165) is 12.8 Å². The summed E-state index contributed by atoms with van der Waals surface area (Å²) in [5.74, 6) is 0.523. The van der Waals surface area contributed by atoms with Gasteiger partial charge in [-0.05, 0) is 18.8 Å². The zero-order valence-electron chi connectivity index (χ0n) is 8.63. The van der Waals surface area contributed by atoms with Crippen LogP contribution in [0.3, 0.4) is 0 Å². The summed E-state index contributed by atoms with van der Waals surface area (Å²) >= 11 is 0. The Hall–Kier alpha value is -0.0800. The molecule has 0 aromatic rings. The normalized spacial score (nSPS) is 39.2. The van der Waals surface area contributed by atoms with Gasteiger partial charge in [0.1, 0.15) is 0 Å². The Morgan fingerprint density at radius 2 is 1.83 bits per heavy atom. The van der Waals surface area contributed by atoms with Gasteiger partial charge >= 0.3 is 0 Å². The molecule has 1 aliphatic rings. The van der Waals surface area contributed by atoms with Crippen LogP contribution in [-0.2, 0) is 4.74 Å². The summed E-state index contributed by atoms with van der Waals surface area (Å²) in [5, 5.41) is 0. The number of hydrogen-bond acceptors (Lipinski definition) is 2. The van der Waals surface area contributed by atoms with Crippen molar-refractivity contribution in [2.75, 3.05) is 7.11 Å². The van der Waals surface area contributed by atoms with Gasteiger partial charge in [0, 0.05) is 18.6 Å². The van der Waals surface area contributed by atoms with Gasteiger partial charge in [-0.25, -0.2) is 0 Å². The van der Waals surface area contributed by atoms with Gasteiger partial charge < -0.3 is 10.5 Å². The van der Waals surface area contributed by atoms with E-state index in [9.17, 15) is 0 Å². The molecule has 2 nitrogen and oxygen atoms in total. The van der Waals surface area contributed by atoms with Gasteiger partial charge in [0.15, 0.2) is 0 Å². The maximum absolute atomic E-state index is 6.11. The monoisotopic (exact) mass is 171 g/mol. The van der Waals surface area contributed by atoms with Crippen molar-refractivity contribution in [1.29, 1.82) is 0 Å². The third-order valence-electron chi connectivity index (χ3n) is 3.84. The van der Waals surface area contributed by atoms with Crippen molar-refractivity contribution in [3.63, 3.8) is 0 Å². The summed E-state index contributed by atoms with van der Waals surface area (Å²) in [5.41, 5.74) is 6.37. The number of ether oxygens (including phenoxy) is 1. The summed E-state index contributed by atoms with van der Waals surface area (Å²) in [6.07, 6.45) is 2.64. The van der Waals surface area contributed by atoms with Gasteiger partial charge in [0.05, 0.1) is 6.10 Å². The number of methoxy groups -OCH3 is 1. The van der Waals surface area contributed by atoms with E-state index in [2.05, 4.69) is 20.8 Å². The Balaban J connectivity index is 2.74. The van der Waals surface area contributed by atoms with Crippen LogP contribution >= 0.6 is 0 Å². The summed E-state index contributed by atoms with van der Waals surface area (Å²) in [7, 11) is 1.80. The van der Waals surface area contributed by atoms with Gasteiger partial charge in [-0.2, -0.15) is 0 Å². The van der Waals surface area contributed by atoms with Crippen molar-refractivity contribution in [2.24, 2.45) is 17.1 Å². The van der Waals surface area contributed by atoms with Crippen molar-refractivity contribution in [2.45, 2.75) is 45.8 Å². The molecule has 0 aromatic carbocycles. The fourth-order valence-electron chi connectivity index (χ4n) is 2.88. The molecule has 2 heteroatoms. The largest absolute Gasteiger partial charge is 0.380 e. The number of rotatable bonds is 3. The molecule has 0 amide bonds. The fraction of sp³-hybridized carbons (Fsp3) is 1.00. The second kappa shape index (κ2) is 3.35. The zero-order valence-corrected chi connectivity index (χ0v) is 8.63. The molecule has 3 atom stereocenters. The lowest BCUT2D eigenvalue weighted by atomic mass is 9.53. The standard InChI is InChI=1S/C10H21NO/c1-5-10(6-2)8(11)7(3)9(10)12-4/h7-9H,5-6,11H2,1-4H3/t7-,8+,9+/m1/s1. The number of nitrogens with two attached hydrogens (primary N) is 1. The molecule has 0 aliphatic heterocycles. The molecule has 12 heavy (non-hydrogen) atoms. The van der Waals surface area contributed by atoms with Crippen molar-refractivity contribution < 1.29 is 4.74 Å². The van der Waals surface area contributed by atoms with E-state index >= 15 is 0 Å². The van der Waals surface area contributed by atoms with E-state index in [4.69, 9.17) is 10.5 Å². The average molecular weight is 171 g/mol. The van der Waals surface area contributed by atoms with Crippen LogP contribution in [-0.4, -0.2) is 19.3 Å². The fourth-order valence-corrected chi connectivity index (χ4v) is 2.88. The van der Waals surface area contributed by atoms with E-state index in [1.54, 1.807) is 7.11 Å². The maximum Gasteiger partial charge on any atom is 0.0682 e. The number of hydrogen-bond donors (Lipinski definition) is 1. The lowest BCUT2D eigenvalue weighted by Crippen LogP contribution is -2.67. The molecule has 1 saturated carbocycles. The van der Waals surface area contributed by atoms with Crippen LogP contribution < -0.4 is 5.73 Å². The first-order valence-electron chi connectivity index (χ1n) is 4.92. The molecule has 0 aromatic heterocycles.